The van der Waals surface area contributed by atoms with E-state index >= 15 is 0 Å². The van der Waals surface area contributed by atoms with E-state index in [-0.39, 0.29) is 6.04 Å². The third-order valence-corrected chi connectivity index (χ3v) is 5.00. The summed E-state index contributed by atoms with van der Waals surface area (Å²) in [7, 11) is 0. The van der Waals surface area contributed by atoms with E-state index in [2.05, 4.69) is 57.0 Å². The van der Waals surface area contributed by atoms with Gasteiger partial charge in [0.2, 0.25) is 0 Å². The molecule has 1 rings (SSSR count). The van der Waals surface area contributed by atoms with Gasteiger partial charge in [0.05, 0.1) is 6.04 Å². The molecule has 0 spiro atoms. The van der Waals surface area contributed by atoms with Crippen LogP contribution in [0.1, 0.15) is 64.8 Å². The molecule has 0 aliphatic heterocycles. The van der Waals surface area contributed by atoms with Crippen LogP contribution < -0.4 is 5.73 Å². The van der Waals surface area contributed by atoms with Gasteiger partial charge in [0.1, 0.15) is 0 Å². The number of nitrogens with zero attached hydrogens (tertiary/aromatic N) is 1. The highest BCUT2D eigenvalue weighted by Crippen LogP contribution is 2.32. The Morgan fingerprint density at radius 3 is 2.20 bits per heavy atom. The van der Waals surface area contributed by atoms with Gasteiger partial charge < -0.3 is 5.73 Å². The normalized spacial score (nSPS) is 15.2. The van der Waals surface area contributed by atoms with Crippen LogP contribution in [0.3, 0.4) is 0 Å². The van der Waals surface area contributed by atoms with Gasteiger partial charge in [-0.2, -0.15) is 0 Å². The largest absolute Gasteiger partial charge is 0.326 e. The molecule has 0 radical (unpaired) electrons. The number of hydrogen-bond acceptors (Lipinski definition) is 3. The minimum absolute atomic E-state index is 0.216. The van der Waals surface area contributed by atoms with Gasteiger partial charge in [0.15, 0.2) is 0 Å². The van der Waals surface area contributed by atoms with E-state index in [0.29, 0.717) is 18.0 Å². The lowest BCUT2D eigenvalue weighted by Gasteiger charge is -2.41. The third-order valence-electron chi connectivity index (χ3n) is 4.06. The summed E-state index contributed by atoms with van der Waals surface area (Å²) >= 11 is 1.85. The lowest BCUT2D eigenvalue weighted by atomic mass is 9.97. The van der Waals surface area contributed by atoms with E-state index in [4.69, 9.17) is 5.73 Å². The molecular formula is C17H32N2S. The zero-order valence-corrected chi connectivity index (χ0v) is 14.6. The van der Waals surface area contributed by atoms with Gasteiger partial charge in [0, 0.05) is 23.5 Å². The van der Waals surface area contributed by atoms with Crippen molar-refractivity contribution < 1.29 is 0 Å². The molecule has 1 aromatic heterocycles. The second-order valence-electron chi connectivity index (χ2n) is 6.09. The Hall–Kier alpha value is -0.380. The van der Waals surface area contributed by atoms with Crippen LogP contribution in [0.2, 0.25) is 0 Å². The molecule has 2 nitrogen and oxygen atoms in total. The van der Waals surface area contributed by atoms with Gasteiger partial charge in [-0.15, -0.1) is 11.3 Å². The Balaban J connectivity index is 3.08. The van der Waals surface area contributed by atoms with Crippen LogP contribution in [0.4, 0.5) is 0 Å². The van der Waals surface area contributed by atoms with E-state index in [1.165, 1.54) is 17.7 Å². The summed E-state index contributed by atoms with van der Waals surface area (Å²) in [6.45, 7) is 12.5. The van der Waals surface area contributed by atoms with E-state index in [9.17, 15) is 0 Å². The van der Waals surface area contributed by atoms with Crippen LogP contribution in [-0.2, 0) is 0 Å². The zero-order valence-electron chi connectivity index (χ0n) is 13.8. The molecule has 0 amide bonds. The molecule has 3 heteroatoms. The Bertz CT molecular complexity index is 344. The summed E-state index contributed by atoms with van der Waals surface area (Å²) in [6, 6.07) is 5.61. The molecule has 1 aromatic rings. The molecular weight excluding hydrogens is 264 g/mol. The molecule has 0 fully saturated rings. The van der Waals surface area contributed by atoms with Crippen LogP contribution in [0.5, 0.6) is 0 Å². The number of hydrogen-bond donors (Lipinski definition) is 1. The monoisotopic (exact) mass is 296 g/mol. The van der Waals surface area contributed by atoms with E-state index in [0.717, 1.165) is 13.0 Å². The topological polar surface area (TPSA) is 29.3 Å². The van der Waals surface area contributed by atoms with Crippen molar-refractivity contribution in [2.45, 2.75) is 72.0 Å². The fourth-order valence-corrected chi connectivity index (χ4v) is 3.89. The number of nitrogens with two attached hydrogens (primary N) is 1. The van der Waals surface area contributed by atoms with Crippen molar-refractivity contribution >= 4 is 11.3 Å². The average Bonchev–Trinajstić information content (AvgIpc) is 2.93. The molecule has 0 aliphatic carbocycles. The maximum atomic E-state index is 6.50. The van der Waals surface area contributed by atoms with Gasteiger partial charge in [0.25, 0.3) is 0 Å². The highest BCUT2D eigenvalue weighted by Gasteiger charge is 2.30. The predicted octanol–water partition coefficient (Wildman–Crippen LogP) is 4.67. The third kappa shape index (κ3) is 4.57. The minimum atomic E-state index is 0.216. The molecule has 0 aliphatic rings. The van der Waals surface area contributed by atoms with Crippen molar-refractivity contribution in [2.75, 3.05) is 6.54 Å². The van der Waals surface area contributed by atoms with Gasteiger partial charge in [-0.1, -0.05) is 40.7 Å². The van der Waals surface area contributed by atoms with Crippen LogP contribution in [-0.4, -0.2) is 23.5 Å². The summed E-state index contributed by atoms with van der Waals surface area (Å²) in [5.41, 5.74) is 6.50. The van der Waals surface area contributed by atoms with Crippen molar-refractivity contribution in [3.63, 3.8) is 0 Å². The molecule has 2 unspecified atom stereocenters. The van der Waals surface area contributed by atoms with Crippen molar-refractivity contribution in [1.82, 2.24) is 4.90 Å². The van der Waals surface area contributed by atoms with Gasteiger partial charge in [-0.3, -0.25) is 4.90 Å². The van der Waals surface area contributed by atoms with Gasteiger partial charge in [-0.25, -0.2) is 0 Å². The summed E-state index contributed by atoms with van der Waals surface area (Å²) < 4.78 is 0. The Morgan fingerprint density at radius 2 is 1.80 bits per heavy atom. The number of rotatable bonds is 9. The maximum Gasteiger partial charge on any atom is 0.0595 e. The fraction of sp³-hybridized carbons (Fsp3) is 0.765. The van der Waals surface area contributed by atoms with Crippen molar-refractivity contribution in [1.29, 1.82) is 0 Å². The fourth-order valence-electron chi connectivity index (χ4n) is 2.97. The second-order valence-corrected chi connectivity index (χ2v) is 7.07. The highest BCUT2D eigenvalue weighted by molar-refractivity contribution is 7.10. The summed E-state index contributed by atoms with van der Waals surface area (Å²) in [4.78, 5) is 4.09. The number of thiophene rings is 1. The summed E-state index contributed by atoms with van der Waals surface area (Å²) in [5.74, 6) is 0.669. The molecule has 116 valence electrons. The van der Waals surface area contributed by atoms with E-state index in [1.54, 1.807) is 0 Å². The van der Waals surface area contributed by atoms with Crippen LogP contribution in [0, 0.1) is 5.92 Å². The van der Waals surface area contributed by atoms with Crippen molar-refractivity contribution in [2.24, 2.45) is 11.7 Å². The van der Waals surface area contributed by atoms with E-state index in [1.807, 2.05) is 11.3 Å². The molecule has 0 bridgehead atoms. The second kappa shape index (κ2) is 8.81. The van der Waals surface area contributed by atoms with Crippen LogP contribution >= 0.6 is 11.3 Å². The molecule has 1 heterocycles. The quantitative estimate of drug-likeness (QED) is 0.717. The molecule has 0 saturated carbocycles. The Kier molecular flexibility index (Phi) is 7.78. The van der Waals surface area contributed by atoms with Crippen LogP contribution in [0.25, 0.3) is 0 Å². The van der Waals surface area contributed by atoms with Gasteiger partial charge in [-0.05, 0) is 36.6 Å². The van der Waals surface area contributed by atoms with Crippen molar-refractivity contribution in [3.05, 3.63) is 22.4 Å². The first-order valence-corrected chi connectivity index (χ1v) is 8.97. The molecule has 2 atom stereocenters. The molecule has 2 N–H and O–H groups in total. The first kappa shape index (κ1) is 17.7. The SMILES string of the molecule is CCC(N)C(c1cccs1)N(CC(C)C)C(CC)CC. The first-order chi connectivity index (χ1) is 9.54. The maximum absolute atomic E-state index is 6.50. The summed E-state index contributed by atoms with van der Waals surface area (Å²) in [6.07, 6.45) is 3.42. The lowest BCUT2D eigenvalue weighted by Crippen LogP contribution is -2.47. The summed E-state index contributed by atoms with van der Waals surface area (Å²) in [5, 5.41) is 2.17. The first-order valence-electron chi connectivity index (χ1n) is 8.09. The molecule has 0 saturated heterocycles. The zero-order chi connectivity index (χ0) is 15.1. The average molecular weight is 297 g/mol. The predicted molar refractivity (Wildman–Crippen MR) is 91.2 cm³/mol. The highest BCUT2D eigenvalue weighted by atomic mass is 32.1. The Labute approximate surface area is 129 Å². The lowest BCUT2D eigenvalue weighted by molar-refractivity contribution is 0.0930. The Morgan fingerprint density at radius 1 is 1.15 bits per heavy atom. The van der Waals surface area contributed by atoms with Crippen molar-refractivity contribution in [3.8, 4) is 0 Å². The standard InChI is InChI=1S/C17H32N2S/c1-6-14(7-2)19(12-13(4)5)17(15(18)8-3)16-10-9-11-20-16/h9-11,13-15,17H,6-8,12,18H2,1-5H3. The van der Waals surface area contributed by atoms with Gasteiger partial charge >= 0.3 is 0 Å². The van der Waals surface area contributed by atoms with Crippen LogP contribution in [0.15, 0.2) is 17.5 Å². The van der Waals surface area contributed by atoms with E-state index < -0.39 is 0 Å². The smallest absolute Gasteiger partial charge is 0.0595 e. The molecule has 20 heavy (non-hydrogen) atoms. The molecule has 0 aromatic carbocycles. The minimum Gasteiger partial charge on any atom is -0.326 e.